The zero-order valence-electron chi connectivity index (χ0n) is 19.7. The maximum Gasteiger partial charge on any atom is 4.00 e. The van der Waals surface area contributed by atoms with Crippen LogP contribution in [0, 0.1) is 0 Å². The number of hydrogen-bond donors (Lipinski definition) is 0. The van der Waals surface area contributed by atoms with Gasteiger partial charge in [0.2, 0.25) is 0 Å². The molecule has 0 aromatic heterocycles. The number of Topliss-reactive ketones (excluding diaryl/α,β-unsaturated/α-hetero) is 8. The SMILES string of the molecule is CC(=O)CC(=O)C(=O)[O-].CC(=O)CC(=O)C(=O)[O-].CC(=O)CC(=O)C(=O)[O-].CC(=O)CC(=O)C(=O)[O-].[Pt+4]. The summed E-state index contributed by atoms with van der Waals surface area (Å²) in [7, 11) is 0. The Hall–Kier alpha value is -4.07. The molecule has 0 aliphatic carbocycles. The quantitative estimate of drug-likeness (QED) is 0.134. The van der Waals surface area contributed by atoms with E-state index in [1.54, 1.807) is 0 Å². The summed E-state index contributed by atoms with van der Waals surface area (Å²) in [6.45, 7) is 4.56. The summed E-state index contributed by atoms with van der Waals surface area (Å²) in [4.78, 5) is 119. The first-order chi connectivity index (χ1) is 16.1. The molecular formula is C20H20O16Pt. The largest absolute Gasteiger partial charge is 4.00 e. The number of hydrogen-bond acceptors (Lipinski definition) is 16. The summed E-state index contributed by atoms with van der Waals surface area (Å²) in [6, 6.07) is 0. The molecule has 0 aliphatic heterocycles. The van der Waals surface area contributed by atoms with Crippen LogP contribution in [0.1, 0.15) is 53.4 Å². The van der Waals surface area contributed by atoms with Crippen molar-refractivity contribution >= 4 is 70.1 Å². The van der Waals surface area contributed by atoms with Crippen molar-refractivity contribution in [3.63, 3.8) is 0 Å². The molecule has 17 heteroatoms. The normalized spacial score (nSPS) is 8.32. The fraction of sp³-hybridized carbons (Fsp3) is 0.400. The number of carbonyl (C=O) groups is 12. The standard InChI is InChI=1S/4C5H6O4.Pt/c4*1-3(6)2-4(7)5(8)9;/h4*2H2,1H3,(H,8,9);/q;;;;+4/p-4. The van der Waals surface area contributed by atoms with Crippen LogP contribution < -0.4 is 20.4 Å². The van der Waals surface area contributed by atoms with Gasteiger partial charge in [-0.25, -0.2) is 0 Å². The topological polar surface area (TPSA) is 297 Å². The molecule has 0 bridgehead atoms. The second-order valence-corrected chi connectivity index (χ2v) is 6.36. The summed E-state index contributed by atoms with van der Waals surface area (Å²) in [6.07, 6.45) is -2.27. The van der Waals surface area contributed by atoms with E-state index in [2.05, 4.69) is 0 Å². The Labute approximate surface area is 222 Å². The Bertz CT molecular complexity index is 792. The van der Waals surface area contributed by atoms with Gasteiger partial charge in [0.15, 0.2) is 23.1 Å². The van der Waals surface area contributed by atoms with Crippen LogP contribution in [0.2, 0.25) is 0 Å². The summed E-state index contributed by atoms with van der Waals surface area (Å²) in [5.41, 5.74) is 0. The van der Waals surface area contributed by atoms with Crippen molar-refractivity contribution in [3.05, 3.63) is 0 Å². The van der Waals surface area contributed by atoms with E-state index in [0.717, 1.165) is 27.7 Å². The van der Waals surface area contributed by atoms with Crippen molar-refractivity contribution in [2.24, 2.45) is 0 Å². The van der Waals surface area contributed by atoms with Crippen molar-refractivity contribution in [2.45, 2.75) is 53.4 Å². The second kappa shape index (κ2) is 23.7. The van der Waals surface area contributed by atoms with E-state index in [1.165, 1.54) is 0 Å². The summed E-state index contributed by atoms with van der Waals surface area (Å²) >= 11 is 0. The van der Waals surface area contributed by atoms with Crippen molar-refractivity contribution in [2.75, 3.05) is 0 Å². The van der Waals surface area contributed by atoms with Crippen LogP contribution in [-0.4, -0.2) is 70.1 Å². The molecule has 16 nitrogen and oxygen atoms in total. The Balaban J connectivity index is -0.000000122. The molecule has 0 aliphatic rings. The van der Waals surface area contributed by atoms with Crippen LogP contribution in [0.25, 0.3) is 0 Å². The fourth-order valence-electron chi connectivity index (χ4n) is 1.19. The molecule has 0 fully saturated rings. The van der Waals surface area contributed by atoms with Gasteiger partial charge in [-0.3, -0.25) is 38.4 Å². The molecule has 0 spiro atoms. The van der Waals surface area contributed by atoms with Crippen LogP contribution in [0.5, 0.6) is 0 Å². The van der Waals surface area contributed by atoms with E-state index in [9.17, 15) is 78.0 Å². The molecule has 0 saturated carbocycles. The third-order valence-corrected chi connectivity index (χ3v) is 2.55. The molecule has 0 radical (unpaired) electrons. The van der Waals surface area contributed by atoms with Gasteiger partial charge in [0, 0.05) is 0 Å². The van der Waals surface area contributed by atoms with Crippen LogP contribution >= 0.6 is 0 Å². The van der Waals surface area contributed by atoms with E-state index in [1.807, 2.05) is 0 Å². The van der Waals surface area contributed by atoms with Crippen molar-refractivity contribution in [1.29, 1.82) is 0 Å². The minimum absolute atomic E-state index is 0. The Morgan fingerprint density at radius 2 is 0.459 bits per heavy atom. The van der Waals surface area contributed by atoms with Crippen molar-refractivity contribution in [3.8, 4) is 0 Å². The predicted octanol–water partition coefficient (Wildman–Crippen LogP) is -6.86. The zero-order chi connectivity index (χ0) is 29.8. The van der Waals surface area contributed by atoms with Gasteiger partial charge < -0.3 is 39.6 Å². The number of carboxylic acid groups (broad SMARTS) is 4. The molecule has 0 N–H and O–H groups in total. The average Bonchev–Trinajstić information content (AvgIpc) is 2.67. The van der Waals surface area contributed by atoms with E-state index in [-0.39, 0.29) is 21.1 Å². The second-order valence-electron chi connectivity index (χ2n) is 6.36. The van der Waals surface area contributed by atoms with E-state index >= 15 is 0 Å². The Kier molecular flexibility index (Phi) is 27.5. The van der Waals surface area contributed by atoms with E-state index in [4.69, 9.17) is 0 Å². The first kappa shape index (κ1) is 43.0. The third kappa shape index (κ3) is 36.7. The zero-order valence-corrected chi connectivity index (χ0v) is 21.9. The van der Waals surface area contributed by atoms with Gasteiger partial charge in [0.05, 0.1) is 25.7 Å². The molecule has 0 saturated heterocycles. The summed E-state index contributed by atoms with van der Waals surface area (Å²) in [5.74, 6) is -13.7. The van der Waals surface area contributed by atoms with Gasteiger partial charge in [-0.15, -0.1) is 0 Å². The van der Waals surface area contributed by atoms with Gasteiger partial charge >= 0.3 is 21.1 Å². The summed E-state index contributed by atoms with van der Waals surface area (Å²) in [5, 5.41) is 38.5. The van der Waals surface area contributed by atoms with Gasteiger partial charge in [-0.1, -0.05) is 0 Å². The number of carbonyl (C=O) groups excluding carboxylic acids is 12. The monoisotopic (exact) mass is 711 g/mol. The first-order valence-corrected chi connectivity index (χ1v) is 9.09. The Morgan fingerprint density at radius 1 is 0.351 bits per heavy atom. The minimum Gasteiger partial charge on any atom is -0.542 e. The molecule has 206 valence electrons. The molecule has 0 heterocycles. The van der Waals surface area contributed by atoms with Gasteiger partial charge in [0.25, 0.3) is 0 Å². The van der Waals surface area contributed by atoms with Crippen LogP contribution in [0.4, 0.5) is 0 Å². The molecule has 0 atom stereocenters. The maximum atomic E-state index is 10.1. The van der Waals surface area contributed by atoms with Gasteiger partial charge in [0.1, 0.15) is 47.0 Å². The molecule has 37 heavy (non-hydrogen) atoms. The van der Waals surface area contributed by atoms with Crippen LogP contribution in [0.15, 0.2) is 0 Å². The van der Waals surface area contributed by atoms with Crippen LogP contribution in [0.3, 0.4) is 0 Å². The smallest absolute Gasteiger partial charge is 0.542 e. The molecule has 0 aromatic carbocycles. The Morgan fingerprint density at radius 3 is 0.486 bits per heavy atom. The van der Waals surface area contributed by atoms with E-state index in [0.29, 0.717) is 0 Å². The van der Waals surface area contributed by atoms with Crippen LogP contribution in [-0.2, 0) is 78.6 Å². The molecule has 0 aromatic rings. The van der Waals surface area contributed by atoms with Gasteiger partial charge in [-0.2, -0.15) is 0 Å². The predicted molar refractivity (Wildman–Crippen MR) is 101 cm³/mol. The molecular weight excluding hydrogens is 691 g/mol. The van der Waals surface area contributed by atoms with Crippen molar-refractivity contribution < 1.29 is 99.0 Å². The number of carboxylic acids is 4. The number of rotatable bonds is 12. The average molecular weight is 711 g/mol. The minimum atomic E-state index is -1.80. The molecule has 0 unspecified atom stereocenters. The fourth-order valence-corrected chi connectivity index (χ4v) is 1.19. The molecule has 0 rings (SSSR count). The first-order valence-electron chi connectivity index (χ1n) is 9.09. The van der Waals surface area contributed by atoms with Crippen molar-refractivity contribution in [1.82, 2.24) is 0 Å². The third-order valence-electron chi connectivity index (χ3n) is 2.55. The number of ketones is 8. The molecule has 0 amide bonds. The maximum absolute atomic E-state index is 10.1. The number of aliphatic carboxylic acids is 4. The van der Waals surface area contributed by atoms with Gasteiger partial charge in [-0.05, 0) is 27.7 Å². The van der Waals surface area contributed by atoms with E-state index < -0.39 is 95.8 Å². The summed E-state index contributed by atoms with van der Waals surface area (Å²) < 4.78 is 0.